The Morgan fingerprint density at radius 1 is 0.947 bits per heavy atom. The van der Waals surface area contributed by atoms with Gasteiger partial charge in [-0.1, -0.05) is 42.5 Å². The molecule has 100 valence electrons. The van der Waals surface area contributed by atoms with Crippen LogP contribution < -0.4 is 5.73 Å². The van der Waals surface area contributed by atoms with E-state index < -0.39 is 0 Å². The zero-order valence-electron chi connectivity index (χ0n) is 11.5. The minimum absolute atomic E-state index is 0.857. The third kappa shape index (κ3) is 4.76. The monoisotopic (exact) mass is 254 g/mol. The lowest BCUT2D eigenvalue weighted by Gasteiger charge is -2.16. The Morgan fingerprint density at radius 2 is 1.68 bits per heavy atom. The van der Waals surface area contributed by atoms with Gasteiger partial charge in [-0.2, -0.15) is 0 Å². The Morgan fingerprint density at radius 3 is 2.42 bits per heavy atom. The van der Waals surface area contributed by atoms with Crippen LogP contribution in [-0.4, -0.2) is 18.5 Å². The molecule has 0 radical (unpaired) electrons. The summed E-state index contributed by atoms with van der Waals surface area (Å²) in [7, 11) is 2.17. The predicted octanol–water partition coefficient (Wildman–Crippen LogP) is 3.33. The molecular formula is C17H22N2. The van der Waals surface area contributed by atoms with Gasteiger partial charge in [0.25, 0.3) is 0 Å². The van der Waals surface area contributed by atoms with Crippen LogP contribution in [0.3, 0.4) is 0 Å². The molecule has 0 unspecified atom stereocenters. The summed E-state index contributed by atoms with van der Waals surface area (Å²) in [5.41, 5.74) is 9.33. The van der Waals surface area contributed by atoms with E-state index in [-0.39, 0.29) is 0 Å². The number of rotatable bonds is 6. The molecule has 0 aliphatic carbocycles. The van der Waals surface area contributed by atoms with Crippen LogP contribution in [0, 0.1) is 0 Å². The van der Waals surface area contributed by atoms with E-state index in [0.29, 0.717) is 0 Å². The highest BCUT2D eigenvalue weighted by Crippen LogP contribution is 2.09. The van der Waals surface area contributed by atoms with Crippen molar-refractivity contribution >= 4 is 5.69 Å². The Bertz CT molecular complexity index is 494. The molecule has 0 bridgehead atoms. The summed E-state index contributed by atoms with van der Waals surface area (Å²) in [6.45, 7) is 2.11. The van der Waals surface area contributed by atoms with Gasteiger partial charge in [-0.25, -0.2) is 0 Å². The molecule has 0 atom stereocenters. The summed E-state index contributed by atoms with van der Waals surface area (Å²) in [6.07, 6.45) is 2.25. The average Bonchev–Trinajstić information content (AvgIpc) is 2.40. The van der Waals surface area contributed by atoms with Crippen LogP contribution in [0.2, 0.25) is 0 Å². The quantitative estimate of drug-likeness (QED) is 0.801. The highest BCUT2D eigenvalue weighted by atomic mass is 15.1. The van der Waals surface area contributed by atoms with Crippen molar-refractivity contribution in [1.29, 1.82) is 0 Å². The Labute approximate surface area is 115 Å². The fourth-order valence-electron chi connectivity index (χ4n) is 2.28. The van der Waals surface area contributed by atoms with Gasteiger partial charge < -0.3 is 10.6 Å². The first-order chi connectivity index (χ1) is 9.24. The molecule has 2 aromatic rings. The van der Waals surface area contributed by atoms with E-state index in [1.807, 2.05) is 12.1 Å². The van der Waals surface area contributed by atoms with Crippen LogP contribution >= 0.6 is 0 Å². The van der Waals surface area contributed by atoms with Crippen molar-refractivity contribution in [3.8, 4) is 0 Å². The lowest BCUT2D eigenvalue weighted by molar-refractivity contribution is 0.322. The topological polar surface area (TPSA) is 29.3 Å². The number of nitrogen functional groups attached to an aromatic ring is 1. The standard InChI is InChI=1S/C17H22N2/c1-19(14-16-7-3-2-4-8-16)12-6-10-15-9-5-11-17(18)13-15/h2-5,7-9,11,13H,6,10,12,14,18H2,1H3. The van der Waals surface area contributed by atoms with E-state index in [0.717, 1.165) is 31.6 Å². The molecule has 2 rings (SSSR count). The number of nitrogens with zero attached hydrogens (tertiary/aromatic N) is 1. The number of benzene rings is 2. The first-order valence-electron chi connectivity index (χ1n) is 6.81. The van der Waals surface area contributed by atoms with Gasteiger partial charge in [0, 0.05) is 12.2 Å². The number of hydrogen-bond donors (Lipinski definition) is 1. The fourth-order valence-corrected chi connectivity index (χ4v) is 2.28. The van der Waals surface area contributed by atoms with Crippen LogP contribution in [0.25, 0.3) is 0 Å². The lowest BCUT2D eigenvalue weighted by atomic mass is 10.1. The first-order valence-corrected chi connectivity index (χ1v) is 6.81. The van der Waals surface area contributed by atoms with Gasteiger partial charge in [-0.05, 0) is 49.7 Å². The van der Waals surface area contributed by atoms with Gasteiger partial charge in [0.15, 0.2) is 0 Å². The smallest absolute Gasteiger partial charge is 0.0316 e. The van der Waals surface area contributed by atoms with Gasteiger partial charge in [0.2, 0.25) is 0 Å². The van der Waals surface area contributed by atoms with Gasteiger partial charge in [0.1, 0.15) is 0 Å². The number of hydrogen-bond acceptors (Lipinski definition) is 2. The van der Waals surface area contributed by atoms with Crippen molar-refractivity contribution in [2.24, 2.45) is 0 Å². The molecule has 0 saturated carbocycles. The molecule has 2 nitrogen and oxygen atoms in total. The number of aryl methyl sites for hydroxylation is 1. The molecule has 0 spiro atoms. The van der Waals surface area contributed by atoms with Crippen LogP contribution in [0.5, 0.6) is 0 Å². The van der Waals surface area contributed by atoms with Crippen molar-refractivity contribution in [2.45, 2.75) is 19.4 Å². The van der Waals surface area contributed by atoms with Crippen molar-refractivity contribution in [1.82, 2.24) is 4.90 Å². The second-order valence-electron chi connectivity index (χ2n) is 5.07. The Kier molecular flexibility index (Phi) is 4.99. The summed E-state index contributed by atoms with van der Waals surface area (Å²) in [4.78, 5) is 2.36. The largest absolute Gasteiger partial charge is 0.399 e. The molecule has 2 aromatic carbocycles. The molecule has 0 aromatic heterocycles. The van der Waals surface area contributed by atoms with Crippen molar-refractivity contribution < 1.29 is 0 Å². The molecule has 0 amide bonds. The minimum atomic E-state index is 0.857. The van der Waals surface area contributed by atoms with Crippen LogP contribution in [0.4, 0.5) is 5.69 Å². The molecule has 2 N–H and O–H groups in total. The van der Waals surface area contributed by atoms with Gasteiger partial charge in [-0.15, -0.1) is 0 Å². The minimum Gasteiger partial charge on any atom is -0.399 e. The third-order valence-electron chi connectivity index (χ3n) is 3.25. The zero-order chi connectivity index (χ0) is 13.5. The van der Waals surface area contributed by atoms with Crippen molar-refractivity contribution in [3.05, 3.63) is 65.7 Å². The maximum atomic E-state index is 5.78. The zero-order valence-corrected chi connectivity index (χ0v) is 11.5. The second-order valence-corrected chi connectivity index (χ2v) is 5.07. The van der Waals surface area contributed by atoms with Crippen LogP contribution in [0.1, 0.15) is 17.5 Å². The molecule has 0 aliphatic rings. The number of anilines is 1. The van der Waals surface area contributed by atoms with Gasteiger partial charge in [-0.3, -0.25) is 0 Å². The van der Waals surface area contributed by atoms with E-state index in [1.165, 1.54) is 11.1 Å². The van der Waals surface area contributed by atoms with E-state index in [2.05, 4.69) is 54.4 Å². The van der Waals surface area contributed by atoms with E-state index in [4.69, 9.17) is 5.73 Å². The molecule has 0 heterocycles. The highest BCUT2D eigenvalue weighted by Gasteiger charge is 2.00. The van der Waals surface area contributed by atoms with Crippen molar-refractivity contribution in [3.63, 3.8) is 0 Å². The SMILES string of the molecule is CN(CCCc1cccc(N)c1)Cc1ccccc1. The van der Waals surface area contributed by atoms with E-state index in [9.17, 15) is 0 Å². The van der Waals surface area contributed by atoms with E-state index >= 15 is 0 Å². The molecule has 0 aliphatic heterocycles. The summed E-state index contributed by atoms with van der Waals surface area (Å²) >= 11 is 0. The summed E-state index contributed by atoms with van der Waals surface area (Å²) in [5, 5.41) is 0. The predicted molar refractivity (Wildman–Crippen MR) is 82.0 cm³/mol. The Balaban J connectivity index is 1.73. The van der Waals surface area contributed by atoms with E-state index in [1.54, 1.807) is 0 Å². The lowest BCUT2D eigenvalue weighted by Crippen LogP contribution is -2.19. The van der Waals surface area contributed by atoms with Crippen molar-refractivity contribution in [2.75, 3.05) is 19.3 Å². The Hall–Kier alpha value is -1.80. The second kappa shape index (κ2) is 6.95. The summed E-state index contributed by atoms with van der Waals surface area (Å²) in [5.74, 6) is 0. The molecular weight excluding hydrogens is 232 g/mol. The average molecular weight is 254 g/mol. The normalized spacial score (nSPS) is 10.8. The number of nitrogens with two attached hydrogens (primary N) is 1. The summed E-state index contributed by atoms with van der Waals surface area (Å²) in [6, 6.07) is 18.8. The van der Waals surface area contributed by atoms with Gasteiger partial charge >= 0.3 is 0 Å². The van der Waals surface area contributed by atoms with Gasteiger partial charge in [0.05, 0.1) is 0 Å². The highest BCUT2D eigenvalue weighted by molar-refractivity contribution is 5.40. The fraction of sp³-hybridized carbons (Fsp3) is 0.294. The van der Waals surface area contributed by atoms with Crippen LogP contribution in [0.15, 0.2) is 54.6 Å². The summed E-state index contributed by atoms with van der Waals surface area (Å²) < 4.78 is 0. The third-order valence-corrected chi connectivity index (χ3v) is 3.25. The molecule has 19 heavy (non-hydrogen) atoms. The molecule has 2 heteroatoms. The molecule has 0 saturated heterocycles. The molecule has 0 fully saturated rings. The van der Waals surface area contributed by atoms with Crippen LogP contribution in [-0.2, 0) is 13.0 Å². The maximum Gasteiger partial charge on any atom is 0.0316 e. The maximum absolute atomic E-state index is 5.78. The first kappa shape index (κ1) is 13.6.